The first-order valence-electron chi connectivity index (χ1n) is 6.21. The van der Waals surface area contributed by atoms with E-state index in [-0.39, 0.29) is 9.90 Å². The fraction of sp³-hybridized carbons (Fsp3) is 0. The fourth-order valence-electron chi connectivity index (χ4n) is 1.88. The van der Waals surface area contributed by atoms with Gasteiger partial charge < -0.3 is 0 Å². The second-order valence-electron chi connectivity index (χ2n) is 4.38. The maximum absolute atomic E-state index is 12.2. The SMILES string of the molecule is O=C(Cl)c1cn2c(=O)c(Cl)c(C=Cc3ccccc3)nc2s1. The average Bonchev–Trinajstić information content (AvgIpc) is 2.95. The molecule has 0 saturated carbocycles. The number of benzene rings is 1. The van der Waals surface area contributed by atoms with Gasteiger partial charge in [0.2, 0.25) is 0 Å². The van der Waals surface area contributed by atoms with Crippen LogP contribution < -0.4 is 5.56 Å². The molecule has 0 saturated heterocycles. The van der Waals surface area contributed by atoms with Crippen molar-refractivity contribution in [2.24, 2.45) is 0 Å². The van der Waals surface area contributed by atoms with Gasteiger partial charge in [0, 0.05) is 6.20 Å². The van der Waals surface area contributed by atoms with Crippen molar-refractivity contribution in [2.75, 3.05) is 0 Å². The first kappa shape index (κ1) is 15.0. The van der Waals surface area contributed by atoms with Gasteiger partial charge in [0.1, 0.15) is 9.90 Å². The number of carbonyl (C=O) groups excluding carboxylic acids is 1. The van der Waals surface area contributed by atoms with E-state index < -0.39 is 10.8 Å². The van der Waals surface area contributed by atoms with Crippen LogP contribution in [0.25, 0.3) is 17.1 Å². The first-order valence-corrected chi connectivity index (χ1v) is 7.78. The van der Waals surface area contributed by atoms with Gasteiger partial charge >= 0.3 is 0 Å². The molecule has 0 atom stereocenters. The number of carbonyl (C=O) groups is 1. The van der Waals surface area contributed by atoms with Crippen molar-refractivity contribution in [1.29, 1.82) is 0 Å². The summed E-state index contributed by atoms with van der Waals surface area (Å²) in [5, 5.41) is -0.636. The average molecular weight is 351 g/mol. The molecule has 110 valence electrons. The van der Waals surface area contributed by atoms with Gasteiger partial charge in [0.05, 0.1) is 5.69 Å². The number of rotatable bonds is 3. The number of halogens is 2. The summed E-state index contributed by atoms with van der Waals surface area (Å²) in [6.07, 6.45) is 4.83. The van der Waals surface area contributed by atoms with Gasteiger partial charge in [-0.05, 0) is 23.2 Å². The molecule has 0 aliphatic rings. The molecule has 1 aromatic carbocycles. The highest BCUT2D eigenvalue weighted by Crippen LogP contribution is 2.20. The van der Waals surface area contributed by atoms with Crippen LogP contribution in [-0.2, 0) is 0 Å². The molecule has 0 unspecified atom stereocenters. The van der Waals surface area contributed by atoms with E-state index in [1.807, 2.05) is 36.4 Å². The fourth-order valence-corrected chi connectivity index (χ4v) is 3.05. The van der Waals surface area contributed by atoms with Crippen molar-refractivity contribution < 1.29 is 4.79 Å². The third kappa shape index (κ3) is 2.83. The Hall–Kier alpha value is -1.95. The van der Waals surface area contributed by atoms with E-state index in [0.717, 1.165) is 16.9 Å². The summed E-state index contributed by atoms with van der Waals surface area (Å²) in [6.45, 7) is 0. The van der Waals surface area contributed by atoms with Crippen LogP contribution in [-0.4, -0.2) is 14.6 Å². The third-order valence-corrected chi connectivity index (χ3v) is 4.58. The van der Waals surface area contributed by atoms with E-state index >= 15 is 0 Å². The largest absolute Gasteiger partial charge is 0.277 e. The zero-order valence-electron chi connectivity index (χ0n) is 11.0. The number of aromatic nitrogens is 2. The van der Waals surface area contributed by atoms with Crippen LogP contribution in [0.1, 0.15) is 20.9 Å². The topological polar surface area (TPSA) is 51.4 Å². The van der Waals surface area contributed by atoms with Crippen molar-refractivity contribution in [3.05, 3.63) is 68.0 Å². The molecule has 22 heavy (non-hydrogen) atoms. The molecule has 0 amide bonds. The Labute approximate surface area is 139 Å². The molecular formula is C15H8Cl2N2O2S. The number of hydrogen-bond donors (Lipinski definition) is 0. The molecule has 0 N–H and O–H groups in total. The summed E-state index contributed by atoms with van der Waals surface area (Å²) in [6, 6.07) is 9.57. The molecule has 0 aliphatic carbocycles. The van der Waals surface area contributed by atoms with Gasteiger partial charge in [-0.25, -0.2) is 4.98 Å². The lowest BCUT2D eigenvalue weighted by atomic mass is 10.2. The zero-order valence-corrected chi connectivity index (χ0v) is 13.3. The van der Waals surface area contributed by atoms with E-state index in [4.69, 9.17) is 23.2 Å². The van der Waals surface area contributed by atoms with Crippen LogP contribution in [0.3, 0.4) is 0 Å². The molecule has 4 nitrogen and oxygen atoms in total. The Morgan fingerprint density at radius 2 is 1.95 bits per heavy atom. The summed E-state index contributed by atoms with van der Waals surface area (Å²) < 4.78 is 1.22. The van der Waals surface area contributed by atoms with Crippen LogP contribution in [0.5, 0.6) is 0 Å². The van der Waals surface area contributed by atoms with Crippen molar-refractivity contribution in [1.82, 2.24) is 9.38 Å². The smallest absolute Gasteiger partial charge is 0.275 e. The quantitative estimate of drug-likeness (QED) is 0.671. The minimum Gasteiger partial charge on any atom is -0.275 e. The first-order chi connectivity index (χ1) is 10.6. The second kappa shape index (κ2) is 6.04. The van der Waals surface area contributed by atoms with Gasteiger partial charge in [-0.15, -0.1) is 0 Å². The van der Waals surface area contributed by atoms with Gasteiger partial charge in [0.15, 0.2) is 4.96 Å². The van der Waals surface area contributed by atoms with Crippen LogP contribution in [0.15, 0.2) is 41.3 Å². The molecule has 0 aliphatic heterocycles. The van der Waals surface area contributed by atoms with E-state index in [1.54, 1.807) is 6.08 Å². The predicted molar refractivity (Wildman–Crippen MR) is 89.9 cm³/mol. The molecule has 2 aromatic heterocycles. The number of nitrogens with zero attached hydrogens (tertiary/aromatic N) is 2. The maximum Gasteiger partial charge on any atom is 0.277 e. The van der Waals surface area contributed by atoms with Crippen molar-refractivity contribution in [2.45, 2.75) is 0 Å². The highest BCUT2D eigenvalue weighted by molar-refractivity contribution is 7.20. The van der Waals surface area contributed by atoms with Crippen molar-refractivity contribution in [3.63, 3.8) is 0 Å². The van der Waals surface area contributed by atoms with Crippen LogP contribution >= 0.6 is 34.5 Å². The molecule has 3 aromatic rings. The van der Waals surface area contributed by atoms with Crippen LogP contribution in [0, 0.1) is 0 Å². The summed E-state index contributed by atoms with van der Waals surface area (Å²) in [5.41, 5.74) is 0.883. The standard InChI is InChI=1S/C15H8Cl2N2O2S/c16-12-10(7-6-9-4-2-1-3-5-9)18-15-19(14(12)21)8-11(22-15)13(17)20/h1-8H. The summed E-state index contributed by atoms with van der Waals surface area (Å²) >= 11 is 12.5. The van der Waals surface area contributed by atoms with E-state index in [2.05, 4.69) is 4.98 Å². The molecule has 0 fully saturated rings. The Kier molecular flexibility index (Phi) is 4.11. The van der Waals surface area contributed by atoms with Crippen molar-refractivity contribution in [3.8, 4) is 0 Å². The normalized spacial score (nSPS) is 11.4. The Morgan fingerprint density at radius 1 is 1.23 bits per heavy atom. The summed E-state index contributed by atoms with van der Waals surface area (Å²) in [5.74, 6) is 0. The van der Waals surface area contributed by atoms with Gasteiger partial charge in [0.25, 0.3) is 10.8 Å². The summed E-state index contributed by atoms with van der Waals surface area (Å²) in [4.78, 5) is 28.3. The molecule has 0 bridgehead atoms. The van der Waals surface area contributed by atoms with Crippen LogP contribution in [0.4, 0.5) is 0 Å². The van der Waals surface area contributed by atoms with Crippen molar-refractivity contribution >= 4 is 56.9 Å². The lowest BCUT2D eigenvalue weighted by molar-refractivity contribution is 0.108. The second-order valence-corrected chi connectivity index (χ2v) is 6.11. The zero-order chi connectivity index (χ0) is 15.7. The monoisotopic (exact) mass is 350 g/mol. The number of thiazole rings is 1. The third-order valence-electron chi connectivity index (χ3n) is 2.93. The molecule has 3 rings (SSSR count). The highest BCUT2D eigenvalue weighted by atomic mass is 35.5. The molecule has 2 heterocycles. The number of hydrogen-bond acceptors (Lipinski definition) is 4. The molecule has 0 spiro atoms. The van der Waals surface area contributed by atoms with E-state index in [0.29, 0.717) is 10.7 Å². The molecule has 7 heteroatoms. The lowest BCUT2D eigenvalue weighted by Crippen LogP contribution is -2.14. The lowest BCUT2D eigenvalue weighted by Gasteiger charge is -1.98. The minimum absolute atomic E-state index is 0.00366. The van der Waals surface area contributed by atoms with Gasteiger partial charge in [-0.3, -0.25) is 14.0 Å². The maximum atomic E-state index is 12.2. The van der Waals surface area contributed by atoms with Gasteiger partial charge in [-0.1, -0.05) is 59.3 Å². The Morgan fingerprint density at radius 3 is 2.64 bits per heavy atom. The Balaban J connectivity index is 2.10. The molecular weight excluding hydrogens is 343 g/mol. The van der Waals surface area contributed by atoms with E-state index in [1.165, 1.54) is 10.6 Å². The van der Waals surface area contributed by atoms with Gasteiger partial charge in [-0.2, -0.15) is 0 Å². The highest BCUT2D eigenvalue weighted by Gasteiger charge is 2.14. The van der Waals surface area contributed by atoms with Crippen LogP contribution in [0.2, 0.25) is 5.02 Å². The summed E-state index contributed by atoms with van der Waals surface area (Å²) in [7, 11) is 0. The van der Waals surface area contributed by atoms with E-state index in [9.17, 15) is 9.59 Å². The Bertz CT molecular complexity index is 945. The predicted octanol–water partition coefficient (Wildman–Crippen LogP) is 3.96. The molecule has 0 radical (unpaired) electrons. The number of fused-ring (bicyclic) bond motifs is 1. The minimum atomic E-state index is -0.632.